The molecule has 1 N–H and O–H groups in total. The van der Waals surface area contributed by atoms with Gasteiger partial charge in [0, 0.05) is 25.3 Å². The molecule has 1 fully saturated rings. The van der Waals surface area contributed by atoms with Crippen molar-refractivity contribution in [2.75, 3.05) is 19.6 Å². The molecular weight excluding hydrogens is 252 g/mol. The van der Waals surface area contributed by atoms with Crippen molar-refractivity contribution >= 4 is 5.91 Å². The number of rotatable bonds is 5. The average Bonchev–Trinajstić information content (AvgIpc) is 2.99. The summed E-state index contributed by atoms with van der Waals surface area (Å²) in [6.45, 7) is 4.57. The van der Waals surface area contributed by atoms with Crippen LogP contribution in [0.2, 0.25) is 0 Å². The van der Waals surface area contributed by atoms with Gasteiger partial charge in [0.1, 0.15) is 11.8 Å². The number of nitriles is 1. The van der Waals surface area contributed by atoms with E-state index in [4.69, 9.17) is 5.26 Å². The maximum Gasteiger partial charge on any atom is 0.272 e. The topological polar surface area (TPSA) is 69.0 Å². The largest absolute Gasteiger partial charge is 0.336 e. The standard InChI is InChI=1S/C15H20N4O/c1-2-8-19(11-13-4-3-7-17-13)15(20)14-6-5-12(9-16)10-18-14/h5-6,10,13,17H,2-4,7-8,11H2,1H3. The molecule has 1 aliphatic rings. The minimum absolute atomic E-state index is 0.0509. The highest BCUT2D eigenvalue weighted by molar-refractivity contribution is 5.92. The zero-order valence-corrected chi connectivity index (χ0v) is 11.8. The molecule has 5 heteroatoms. The van der Waals surface area contributed by atoms with E-state index in [1.165, 1.54) is 12.6 Å². The molecule has 1 saturated heterocycles. The van der Waals surface area contributed by atoms with E-state index < -0.39 is 0 Å². The first kappa shape index (κ1) is 14.5. The summed E-state index contributed by atoms with van der Waals surface area (Å²) in [7, 11) is 0. The molecule has 20 heavy (non-hydrogen) atoms. The van der Waals surface area contributed by atoms with Crippen molar-refractivity contribution in [2.24, 2.45) is 0 Å². The van der Waals surface area contributed by atoms with Gasteiger partial charge in [-0.05, 0) is 37.9 Å². The fraction of sp³-hybridized carbons (Fsp3) is 0.533. The van der Waals surface area contributed by atoms with E-state index in [-0.39, 0.29) is 5.91 Å². The predicted molar refractivity (Wildman–Crippen MR) is 76.2 cm³/mol. The summed E-state index contributed by atoms with van der Waals surface area (Å²) in [5.74, 6) is -0.0509. The molecule has 0 radical (unpaired) electrons. The van der Waals surface area contributed by atoms with Crippen LogP contribution in [0.25, 0.3) is 0 Å². The van der Waals surface area contributed by atoms with Crippen molar-refractivity contribution in [3.05, 3.63) is 29.6 Å². The molecule has 1 aliphatic heterocycles. The van der Waals surface area contributed by atoms with Crippen LogP contribution in [-0.2, 0) is 0 Å². The fourth-order valence-corrected chi connectivity index (χ4v) is 2.47. The van der Waals surface area contributed by atoms with E-state index in [0.29, 0.717) is 17.3 Å². The summed E-state index contributed by atoms with van der Waals surface area (Å²) in [5.41, 5.74) is 0.886. The lowest BCUT2D eigenvalue weighted by Crippen LogP contribution is -2.41. The van der Waals surface area contributed by atoms with E-state index >= 15 is 0 Å². The number of hydrogen-bond donors (Lipinski definition) is 1. The lowest BCUT2D eigenvalue weighted by molar-refractivity contribution is 0.0736. The molecule has 0 aliphatic carbocycles. The third-order valence-corrected chi connectivity index (χ3v) is 3.50. The van der Waals surface area contributed by atoms with Crippen molar-refractivity contribution in [1.82, 2.24) is 15.2 Å². The minimum Gasteiger partial charge on any atom is -0.336 e. The Labute approximate surface area is 119 Å². The summed E-state index contributed by atoms with van der Waals surface area (Å²) < 4.78 is 0. The van der Waals surface area contributed by atoms with Crippen molar-refractivity contribution in [3.63, 3.8) is 0 Å². The van der Waals surface area contributed by atoms with Gasteiger partial charge in [0.25, 0.3) is 5.91 Å². The molecule has 0 saturated carbocycles. The minimum atomic E-state index is -0.0509. The predicted octanol–water partition coefficient (Wildman–Crippen LogP) is 1.56. The summed E-state index contributed by atoms with van der Waals surface area (Å²) in [6, 6.07) is 5.67. The van der Waals surface area contributed by atoms with Gasteiger partial charge >= 0.3 is 0 Å². The zero-order chi connectivity index (χ0) is 14.4. The SMILES string of the molecule is CCCN(CC1CCCN1)C(=O)c1ccc(C#N)cn1. The summed E-state index contributed by atoms with van der Waals surface area (Å²) in [6.07, 6.45) is 4.67. The van der Waals surface area contributed by atoms with Crippen LogP contribution in [-0.4, -0.2) is 41.5 Å². The normalized spacial score (nSPS) is 17.7. The van der Waals surface area contributed by atoms with E-state index in [0.717, 1.165) is 32.5 Å². The Balaban J connectivity index is 2.06. The molecule has 1 unspecified atom stereocenters. The van der Waals surface area contributed by atoms with E-state index in [9.17, 15) is 4.79 Å². The third kappa shape index (κ3) is 3.55. The molecule has 2 heterocycles. The van der Waals surface area contributed by atoms with Crippen LogP contribution in [0.4, 0.5) is 0 Å². The smallest absolute Gasteiger partial charge is 0.272 e. The average molecular weight is 272 g/mol. The van der Waals surface area contributed by atoms with E-state index in [1.807, 2.05) is 11.0 Å². The second-order valence-electron chi connectivity index (χ2n) is 5.09. The number of nitrogens with zero attached hydrogens (tertiary/aromatic N) is 3. The maximum absolute atomic E-state index is 12.5. The van der Waals surface area contributed by atoms with Gasteiger partial charge in [-0.25, -0.2) is 4.98 Å². The third-order valence-electron chi connectivity index (χ3n) is 3.50. The molecule has 5 nitrogen and oxygen atoms in total. The highest BCUT2D eigenvalue weighted by Gasteiger charge is 2.22. The Morgan fingerprint density at radius 2 is 2.45 bits per heavy atom. The van der Waals surface area contributed by atoms with Crippen LogP contribution in [0.15, 0.2) is 18.3 Å². The second-order valence-corrected chi connectivity index (χ2v) is 5.09. The van der Waals surface area contributed by atoms with Gasteiger partial charge in [0.05, 0.1) is 5.56 Å². The Bertz CT molecular complexity index is 486. The molecule has 1 aromatic heterocycles. The maximum atomic E-state index is 12.5. The number of aromatic nitrogens is 1. The Morgan fingerprint density at radius 3 is 3.00 bits per heavy atom. The van der Waals surface area contributed by atoms with Gasteiger partial charge in [-0.2, -0.15) is 5.26 Å². The molecule has 0 bridgehead atoms. The molecule has 1 amide bonds. The van der Waals surface area contributed by atoms with Crippen LogP contribution in [0, 0.1) is 11.3 Å². The Hall–Kier alpha value is -1.93. The first-order valence-electron chi connectivity index (χ1n) is 7.13. The van der Waals surface area contributed by atoms with Crippen LogP contribution in [0.1, 0.15) is 42.2 Å². The van der Waals surface area contributed by atoms with Crippen LogP contribution in [0.5, 0.6) is 0 Å². The molecule has 2 rings (SSSR count). The van der Waals surface area contributed by atoms with E-state index in [1.54, 1.807) is 12.1 Å². The Morgan fingerprint density at radius 1 is 1.60 bits per heavy atom. The summed E-state index contributed by atoms with van der Waals surface area (Å²) >= 11 is 0. The number of pyridine rings is 1. The monoisotopic (exact) mass is 272 g/mol. The Kier molecular flexibility index (Phi) is 5.08. The molecular formula is C15H20N4O. The van der Waals surface area contributed by atoms with Gasteiger partial charge in [-0.1, -0.05) is 6.92 Å². The van der Waals surface area contributed by atoms with Crippen molar-refractivity contribution in [1.29, 1.82) is 5.26 Å². The van der Waals surface area contributed by atoms with Crippen molar-refractivity contribution in [3.8, 4) is 6.07 Å². The zero-order valence-electron chi connectivity index (χ0n) is 11.8. The summed E-state index contributed by atoms with van der Waals surface area (Å²) in [5, 5.41) is 12.2. The molecule has 1 atom stereocenters. The number of nitrogens with one attached hydrogen (secondary N) is 1. The number of hydrogen-bond acceptors (Lipinski definition) is 4. The van der Waals surface area contributed by atoms with Gasteiger partial charge in [-0.15, -0.1) is 0 Å². The molecule has 0 spiro atoms. The highest BCUT2D eigenvalue weighted by Crippen LogP contribution is 2.10. The fourth-order valence-electron chi connectivity index (χ4n) is 2.47. The molecule has 106 valence electrons. The van der Waals surface area contributed by atoms with E-state index in [2.05, 4.69) is 17.2 Å². The van der Waals surface area contributed by atoms with Crippen LogP contribution in [0.3, 0.4) is 0 Å². The van der Waals surface area contributed by atoms with Crippen LogP contribution < -0.4 is 5.32 Å². The lowest BCUT2D eigenvalue weighted by Gasteiger charge is -2.25. The van der Waals surface area contributed by atoms with Gasteiger partial charge in [-0.3, -0.25) is 4.79 Å². The van der Waals surface area contributed by atoms with Crippen molar-refractivity contribution < 1.29 is 4.79 Å². The van der Waals surface area contributed by atoms with Crippen molar-refractivity contribution in [2.45, 2.75) is 32.2 Å². The first-order chi connectivity index (χ1) is 9.74. The molecule has 1 aromatic rings. The lowest BCUT2D eigenvalue weighted by atomic mass is 10.2. The number of carbonyl (C=O) groups excluding carboxylic acids is 1. The second kappa shape index (κ2) is 7.01. The summed E-state index contributed by atoms with van der Waals surface area (Å²) in [4.78, 5) is 18.4. The van der Waals surface area contributed by atoms with Gasteiger partial charge < -0.3 is 10.2 Å². The van der Waals surface area contributed by atoms with Gasteiger partial charge in [0.2, 0.25) is 0 Å². The van der Waals surface area contributed by atoms with Crippen LogP contribution >= 0.6 is 0 Å². The number of carbonyl (C=O) groups is 1. The quantitative estimate of drug-likeness (QED) is 0.883. The first-order valence-corrected chi connectivity index (χ1v) is 7.13. The van der Waals surface area contributed by atoms with Gasteiger partial charge in [0.15, 0.2) is 0 Å². The highest BCUT2D eigenvalue weighted by atomic mass is 16.2. The molecule has 0 aromatic carbocycles. The number of amides is 1.